The third-order valence-electron chi connectivity index (χ3n) is 7.45. The molecule has 9 nitrogen and oxygen atoms in total. The number of carboxylic acids is 1. The van der Waals surface area contributed by atoms with Crippen LogP contribution >= 0.6 is 23.2 Å². The van der Waals surface area contributed by atoms with E-state index in [4.69, 9.17) is 23.2 Å². The van der Waals surface area contributed by atoms with Gasteiger partial charge >= 0.3 is 12.0 Å². The van der Waals surface area contributed by atoms with Crippen LogP contribution in [0, 0.1) is 5.92 Å². The van der Waals surface area contributed by atoms with Crippen molar-refractivity contribution in [3.63, 3.8) is 0 Å². The van der Waals surface area contributed by atoms with Crippen molar-refractivity contribution in [3.8, 4) is 0 Å². The van der Waals surface area contributed by atoms with E-state index in [9.17, 15) is 24.3 Å². The Morgan fingerprint density at radius 1 is 1.11 bits per heavy atom. The molecular formula is C27H30Cl2N4O5. The molecule has 2 N–H and O–H groups in total. The molecule has 1 saturated carbocycles. The Bertz CT molecular complexity index is 1250. The van der Waals surface area contributed by atoms with Gasteiger partial charge in [-0.25, -0.2) is 14.5 Å². The molecule has 0 aromatic heterocycles. The van der Waals surface area contributed by atoms with Crippen molar-refractivity contribution in [2.45, 2.75) is 43.8 Å². The summed E-state index contributed by atoms with van der Waals surface area (Å²) in [6, 6.07) is 9.56. The lowest BCUT2D eigenvalue weighted by Crippen LogP contribution is -2.63. The van der Waals surface area contributed by atoms with Gasteiger partial charge in [-0.3, -0.25) is 9.59 Å². The van der Waals surface area contributed by atoms with Gasteiger partial charge < -0.3 is 20.2 Å². The normalized spacial score (nSPS) is 22.3. The van der Waals surface area contributed by atoms with Crippen molar-refractivity contribution >= 4 is 52.7 Å². The van der Waals surface area contributed by atoms with Crippen molar-refractivity contribution in [2.24, 2.45) is 5.92 Å². The van der Waals surface area contributed by atoms with Crippen molar-refractivity contribution in [1.29, 1.82) is 0 Å². The van der Waals surface area contributed by atoms with Crippen molar-refractivity contribution < 1.29 is 24.3 Å². The van der Waals surface area contributed by atoms with E-state index < -0.39 is 23.9 Å². The Kier molecular flexibility index (Phi) is 8.30. The largest absolute Gasteiger partial charge is 0.480 e. The number of nitrogens with one attached hydrogen (secondary N) is 1. The lowest BCUT2D eigenvalue weighted by atomic mass is 9.78. The van der Waals surface area contributed by atoms with Crippen molar-refractivity contribution in [1.82, 2.24) is 15.1 Å². The molecule has 4 rings (SSSR count). The number of aliphatic carboxylic acids is 1. The molecule has 1 saturated heterocycles. The fourth-order valence-electron chi connectivity index (χ4n) is 5.33. The van der Waals surface area contributed by atoms with Gasteiger partial charge in [0, 0.05) is 25.6 Å². The maximum atomic E-state index is 13.6. The summed E-state index contributed by atoms with van der Waals surface area (Å²) < 4.78 is 0. The molecule has 3 unspecified atom stereocenters. The van der Waals surface area contributed by atoms with Crippen LogP contribution in [0.2, 0.25) is 10.0 Å². The fraction of sp³-hybridized carbons (Fsp3) is 0.407. The molecule has 1 aliphatic carbocycles. The number of urea groups is 1. The Hall–Kier alpha value is -3.14. The Labute approximate surface area is 231 Å². The second kappa shape index (κ2) is 11.3. The number of benzene rings is 2. The van der Waals surface area contributed by atoms with Crippen LogP contribution in [0.25, 0.3) is 0 Å². The number of carbonyl (C=O) groups is 4. The van der Waals surface area contributed by atoms with Gasteiger partial charge in [0.1, 0.15) is 6.04 Å². The fourth-order valence-corrected chi connectivity index (χ4v) is 5.90. The van der Waals surface area contributed by atoms with Gasteiger partial charge in [-0.1, -0.05) is 41.4 Å². The monoisotopic (exact) mass is 560 g/mol. The summed E-state index contributed by atoms with van der Waals surface area (Å²) in [6.07, 6.45) is 2.24. The minimum absolute atomic E-state index is 0.0126. The Morgan fingerprint density at radius 2 is 1.76 bits per heavy atom. The van der Waals surface area contributed by atoms with E-state index in [1.54, 1.807) is 42.3 Å². The van der Waals surface area contributed by atoms with Gasteiger partial charge in [0.05, 0.1) is 27.2 Å². The number of hydrogen-bond acceptors (Lipinski definition) is 5. The van der Waals surface area contributed by atoms with Gasteiger partial charge in [-0.05, 0) is 63.2 Å². The van der Waals surface area contributed by atoms with Crippen molar-refractivity contribution in [3.05, 3.63) is 63.6 Å². The first kappa shape index (κ1) is 27.9. The number of hydrogen-bond donors (Lipinski definition) is 2. The lowest BCUT2D eigenvalue weighted by molar-refractivity contribution is -0.139. The SMILES string of the molecule is CN(C)C1CCC2C(C1)C(=O)N(c1cccc(C[C@H](NC(=O)c3c(Cl)cccc3Cl)C(=O)O)c1)C(=O)N2C. The summed E-state index contributed by atoms with van der Waals surface area (Å²) in [4.78, 5) is 56.6. The average molecular weight is 561 g/mol. The van der Waals surface area contributed by atoms with Gasteiger partial charge in [-0.15, -0.1) is 0 Å². The molecule has 0 spiro atoms. The summed E-state index contributed by atoms with van der Waals surface area (Å²) in [7, 11) is 5.70. The summed E-state index contributed by atoms with van der Waals surface area (Å²) >= 11 is 12.2. The van der Waals surface area contributed by atoms with E-state index in [1.165, 1.54) is 17.0 Å². The quantitative estimate of drug-likeness (QED) is 0.531. The molecule has 11 heteroatoms. The zero-order valence-electron chi connectivity index (χ0n) is 21.4. The highest BCUT2D eigenvalue weighted by molar-refractivity contribution is 6.39. The highest BCUT2D eigenvalue weighted by Crippen LogP contribution is 2.37. The van der Waals surface area contributed by atoms with Gasteiger partial charge in [-0.2, -0.15) is 0 Å². The maximum absolute atomic E-state index is 13.6. The van der Waals surface area contributed by atoms with Crippen LogP contribution in [0.1, 0.15) is 35.2 Å². The van der Waals surface area contributed by atoms with Gasteiger partial charge in [0.2, 0.25) is 5.91 Å². The molecule has 4 amide bonds. The predicted octanol–water partition coefficient (Wildman–Crippen LogP) is 3.92. The molecule has 202 valence electrons. The van der Waals surface area contributed by atoms with E-state index in [-0.39, 0.29) is 45.9 Å². The summed E-state index contributed by atoms with van der Waals surface area (Å²) in [5, 5.41) is 12.5. The molecule has 4 atom stereocenters. The molecular weight excluding hydrogens is 531 g/mol. The summed E-state index contributed by atoms with van der Waals surface area (Å²) in [5.74, 6) is -2.55. The maximum Gasteiger partial charge on any atom is 0.331 e. The third-order valence-corrected chi connectivity index (χ3v) is 8.08. The van der Waals surface area contributed by atoms with Crippen LogP contribution in [0.4, 0.5) is 10.5 Å². The Balaban J connectivity index is 1.56. The van der Waals surface area contributed by atoms with E-state index >= 15 is 0 Å². The first-order valence-electron chi connectivity index (χ1n) is 12.3. The van der Waals surface area contributed by atoms with Crippen LogP contribution < -0.4 is 10.2 Å². The van der Waals surface area contributed by atoms with Gasteiger partial charge in [0.15, 0.2) is 0 Å². The Morgan fingerprint density at radius 3 is 2.39 bits per heavy atom. The molecule has 1 aliphatic heterocycles. The van der Waals surface area contributed by atoms with E-state index in [2.05, 4.69) is 10.2 Å². The number of fused-ring (bicyclic) bond motifs is 1. The molecule has 0 bridgehead atoms. The molecule has 2 aromatic carbocycles. The molecule has 1 heterocycles. The molecule has 38 heavy (non-hydrogen) atoms. The highest BCUT2D eigenvalue weighted by Gasteiger charge is 2.48. The minimum Gasteiger partial charge on any atom is -0.480 e. The number of nitrogens with zero attached hydrogens (tertiary/aromatic N) is 3. The van der Waals surface area contributed by atoms with Crippen LogP contribution in [0.5, 0.6) is 0 Å². The number of amides is 4. The number of anilines is 1. The zero-order valence-corrected chi connectivity index (χ0v) is 22.9. The number of rotatable bonds is 7. The zero-order chi connectivity index (χ0) is 27.7. The van der Waals surface area contributed by atoms with E-state index in [0.29, 0.717) is 17.7 Å². The first-order chi connectivity index (χ1) is 18.0. The number of carbonyl (C=O) groups excluding carboxylic acids is 3. The van der Waals surface area contributed by atoms with E-state index in [1.807, 2.05) is 14.1 Å². The van der Waals surface area contributed by atoms with Crippen molar-refractivity contribution in [2.75, 3.05) is 26.0 Å². The average Bonchev–Trinajstić information content (AvgIpc) is 2.87. The predicted molar refractivity (Wildman–Crippen MR) is 145 cm³/mol. The van der Waals surface area contributed by atoms with Gasteiger partial charge in [0.25, 0.3) is 5.91 Å². The van der Waals surface area contributed by atoms with Crippen LogP contribution in [0.15, 0.2) is 42.5 Å². The minimum atomic E-state index is -1.30. The van der Waals surface area contributed by atoms with E-state index in [0.717, 1.165) is 12.8 Å². The molecule has 0 radical (unpaired) electrons. The highest BCUT2D eigenvalue weighted by atomic mass is 35.5. The van der Waals surface area contributed by atoms with Crippen LogP contribution in [-0.2, 0) is 16.0 Å². The molecule has 2 aliphatic rings. The summed E-state index contributed by atoms with van der Waals surface area (Å²) in [5.41, 5.74) is 0.876. The number of imide groups is 1. The van der Waals surface area contributed by atoms with Crippen LogP contribution in [0.3, 0.4) is 0 Å². The summed E-state index contributed by atoms with van der Waals surface area (Å²) in [6.45, 7) is 0. The second-order valence-corrected chi connectivity index (χ2v) is 10.8. The van der Waals surface area contributed by atoms with Crippen LogP contribution in [-0.4, -0.2) is 78.0 Å². The standard InChI is InChI=1S/C27H30Cl2N4O5/c1-31(2)16-10-11-22-18(14-16)25(35)33(27(38)32(22)3)17-7-4-6-15(12-17)13-21(26(36)37)30-24(34)23-19(28)8-5-9-20(23)29/h4-9,12,16,18,21-22H,10-11,13-14H2,1-3H3,(H,30,34)(H,36,37)/t16?,18?,21-,22?/m0/s1. The molecule has 2 fully saturated rings. The first-order valence-corrected chi connectivity index (χ1v) is 13.1. The topological polar surface area (TPSA) is 110 Å². The smallest absolute Gasteiger partial charge is 0.331 e. The lowest BCUT2D eigenvalue weighted by Gasteiger charge is -2.47. The second-order valence-electron chi connectivity index (χ2n) is 10.0. The molecule has 2 aromatic rings. The number of carboxylic acid groups (broad SMARTS) is 1. The number of halogens is 2. The third kappa shape index (κ3) is 5.50.